The number of pyridine rings is 1. The van der Waals surface area contributed by atoms with Gasteiger partial charge in [-0.25, -0.2) is 13.1 Å². The van der Waals surface area contributed by atoms with Crippen molar-refractivity contribution in [1.29, 1.82) is 0 Å². The van der Waals surface area contributed by atoms with Gasteiger partial charge in [0.2, 0.25) is 15.9 Å². The second-order valence-corrected chi connectivity index (χ2v) is 7.87. The molecular formula is C17H19N3O3S. The number of hydrogen-bond acceptors (Lipinski definition) is 4. The number of aromatic nitrogens is 1. The summed E-state index contributed by atoms with van der Waals surface area (Å²) >= 11 is 0. The van der Waals surface area contributed by atoms with Gasteiger partial charge in [0.15, 0.2) is 0 Å². The molecule has 0 saturated heterocycles. The minimum atomic E-state index is -3.24. The van der Waals surface area contributed by atoms with Gasteiger partial charge in [0.05, 0.1) is 12.2 Å². The van der Waals surface area contributed by atoms with Gasteiger partial charge in [-0.3, -0.25) is 9.78 Å². The highest BCUT2D eigenvalue weighted by atomic mass is 32.2. The molecule has 1 aromatic carbocycles. The average molecular weight is 345 g/mol. The Bertz CT molecular complexity index is 894. The summed E-state index contributed by atoms with van der Waals surface area (Å²) < 4.78 is 25.6. The van der Waals surface area contributed by atoms with Crippen molar-refractivity contribution in [2.45, 2.75) is 19.9 Å². The third-order valence-corrected chi connectivity index (χ3v) is 5.51. The molecule has 6 nitrogen and oxygen atoms in total. The van der Waals surface area contributed by atoms with Crippen LogP contribution in [0.3, 0.4) is 0 Å². The van der Waals surface area contributed by atoms with Gasteiger partial charge in [0, 0.05) is 37.2 Å². The zero-order valence-electron chi connectivity index (χ0n) is 13.6. The fourth-order valence-corrected chi connectivity index (χ4v) is 3.28. The Morgan fingerprint density at radius 1 is 1.21 bits per heavy atom. The van der Waals surface area contributed by atoms with E-state index in [1.54, 1.807) is 31.3 Å². The smallest absolute Gasteiger partial charge is 0.231 e. The van der Waals surface area contributed by atoms with Crippen molar-refractivity contribution in [2.24, 2.45) is 0 Å². The van der Waals surface area contributed by atoms with E-state index in [0.29, 0.717) is 6.42 Å². The molecule has 0 bridgehead atoms. The number of nitrogens with one attached hydrogen (secondary N) is 1. The van der Waals surface area contributed by atoms with E-state index in [2.05, 4.69) is 9.71 Å². The van der Waals surface area contributed by atoms with E-state index in [4.69, 9.17) is 0 Å². The van der Waals surface area contributed by atoms with Crippen LogP contribution >= 0.6 is 0 Å². The van der Waals surface area contributed by atoms with Crippen LogP contribution in [-0.4, -0.2) is 32.1 Å². The highest BCUT2D eigenvalue weighted by molar-refractivity contribution is 7.89. The first-order valence-electron chi connectivity index (χ1n) is 7.71. The van der Waals surface area contributed by atoms with Crippen molar-refractivity contribution in [2.75, 3.05) is 17.7 Å². The maximum absolute atomic E-state index is 11.8. The summed E-state index contributed by atoms with van der Waals surface area (Å²) in [5.74, 6) is 0.134. The molecule has 3 rings (SSSR count). The number of rotatable bonds is 5. The molecule has 1 aliphatic heterocycles. The minimum absolute atomic E-state index is 0.0481. The van der Waals surface area contributed by atoms with Crippen molar-refractivity contribution < 1.29 is 13.2 Å². The quantitative estimate of drug-likeness (QED) is 0.895. The fraction of sp³-hybridized carbons (Fsp3) is 0.294. The molecule has 1 aromatic heterocycles. The van der Waals surface area contributed by atoms with E-state index in [1.165, 1.54) is 0 Å². The van der Waals surface area contributed by atoms with Crippen molar-refractivity contribution in [3.63, 3.8) is 0 Å². The van der Waals surface area contributed by atoms with E-state index in [1.807, 2.05) is 24.3 Å². The maximum Gasteiger partial charge on any atom is 0.231 e. The zero-order valence-corrected chi connectivity index (χ0v) is 14.4. The summed E-state index contributed by atoms with van der Waals surface area (Å²) in [6, 6.07) is 7.79. The van der Waals surface area contributed by atoms with E-state index in [0.717, 1.165) is 27.9 Å². The molecule has 0 unspecified atom stereocenters. The summed E-state index contributed by atoms with van der Waals surface area (Å²) in [6.45, 7) is 1.81. The number of amides is 1. The minimum Gasteiger partial charge on any atom is -0.315 e. The molecule has 0 aliphatic carbocycles. The third kappa shape index (κ3) is 3.32. The summed E-state index contributed by atoms with van der Waals surface area (Å²) in [4.78, 5) is 17.6. The molecule has 1 amide bonds. The molecule has 0 atom stereocenters. The zero-order chi connectivity index (χ0) is 17.3. The number of nitrogens with zero attached hydrogens (tertiary/aromatic N) is 2. The molecular weight excluding hydrogens is 326 g/mol. The summed E-state index contributed by atoms with van der Waals surface area (Å²) in [7, 11) is -1.46. The number of sulfonamides is 1. The van der Waals surface area contributed by atoms with Gasteiger partial charge in [-0.15, -0.1) is 0 Å². The van der Waals surface area contributed by atoms with Gasteiger partial charge >= 0.3 is 0 Å². The van der Waals surface area contributed by atoms with Crippen LogP contribution in [0.25, 0.3) is 11.1 Å². The second-order valence-electron chi connectivity index (χ2n) is 5.78. The van der Waals surface area contributed by atoms with Crippen molar-refractivity contribution in [1.82, 2.24) is 9.71 Å². The maximum atomic E-state index is 11.8. The molecule has 0 spiro atoms. The average Bonchev–Trinajstić information content (AvgIpc) is 2.87. The van der Waals surface area contributed by atoms with E-state index < -0.39 is 10.0 Å². The van der Waals surface area contributed by atoms with Gasteiger partial charge in [-0.05, 0) is 41.8 Å². The molecule has 7 heteroatoms. The first kappa shape index (κ1) is 16.6. The largest absolute Gasteiger partial charge is 0.315 e. The van der Waals surface area contributed by atoms with E-state index >= 15 is 0 Å². The van der Waals surface area contributed by atoms with Gasteiger partial charge in [0.25, 0.3) is 0 Å². The first-order chi connectivity index (χ1) is 11.4. The number of fused-ring (bicyclic) bond motifs is 1. The van der Waals surface area contributed by atoms with Gasteiger partial charge in [0.1, 0.15) is 0 Å². The topological polar surface area (TPSA) is 79.4 Å². The van der Waals surface area contributed by atoms with Crippen molar-refractivity contribution in [3.8, 4) is 11.1 Å². The highest BCUT2D eigenvalue weighted by Crippen LogP contribution is 2.32. The fourth-order valence-electron chi connectivity index (χ4n) is 2.69. The first-order valence-corrected chi connectivity index (χ1v) is 9.36. The predicted molar refractivity (Wildman–Crippen MR) is 93.1 cm³/mol. The SMILES string of the molecule is CCS(=O)(=O)NCc1cncc(-c2ccc3c(c2)CC(=O)N3C)c1. The number of benzene rings is 1. The monoisotopic (exact) mass is 345 g/mol. The highest BCUT2D eigenvalue weighted by Gasteiger charge is 2.24. The van der Waals surface area contributed by atoms with Crippen LogP contribution < -0.4 is 9.62 Å². The van der Waals surface area contributed by atoms with Crippen molar-refractivity contribution >= 4 is 21.6 Å². The van der Waals surface area contributed by atoms with Crippen molar-refractivity contribution in [3.05, 3.63) is 47.8 Å². The van der Waals surface area contributed by atoms with Crippen LogP contribution in [0.15, 0.2) is 36.7 Å². The Balaban J connectivity index is 1.85. The Kier molecular flexibility index (Phi) is 4.38. The molecule has 2 heterocycles. The van der Waals surface area contributed by atoms with E-state index in [-0.39, 0.29) is 18.2 Å². The molecule has 24 heavy (non-hydrogen) atoms. The molecule has 1 N–H and O–H groups in total. The third-order valence-electron chi connectivity index (χ3n) is 4.16. The van der Waals surface area contributed by atoms with Gasteiger partial charge in [-0.2, -0.15) is 0 Å². The number of hydrogen-bond donors (Lipinski definition) is 1. The Labute approximate surface area is 141 Å². The van der Waals surface area contributed by atoms with Crippen LogP contribution in [0.2, 0.25) is 0 Å². The molecule has 0 saturated carbocycles. The number of carbonyl (C=O) groups excluding carboxylic acids is 1. The van der Waals surface area contributed by atoms with Gasteiger partial charge in [-0.1, -0.05) is 6.07 Å². The lowest BCUT2D eigenvalue weighted by Crippen LogP contribution is -2.24. The van der Waals surface area contributed by atoms with Crippen LogP contribution in [0.5, 0.6) is 0 Å². The Hall–Kier alpha value is -2.25. The van der Waals surface area contributed by atoms with E-state index in [9.17, 15) is 13.2 Å². The van der Waals surface area contributed by atoms with Crippen LogP contribution in [0.1, 0.15) is 18.1 Å². The van der Waals surface area contributed by atoms with Crippen LogP contribution in [0, 0.1) is 0 Å². The summed E-state index contributed by atoms with van der Waals surface area (Å²) in [6.07, 6.45) is 3.79. The summed E-state index contributed by atoms with van der Waals surface area (Å²) in [5, 5.41) is 0. The second kappa shape index (κ2) is 6.33. The van der Waals surface area contributed by atoms with Crippen LogP contribution in [-0.2, 0) is 27.8 Å². The number of carbonyl (C=O) groups is 1. The van der Waals surface area contributed by atoms with Crippen LogP contribution in [0.4, 0.5) is 5.69 Å². The predicted octanol–water partition coefficient (Wildman–Crippen LogP) is 1.71. The normalized spacial score (nSPS) is 14.1. The molecule has 126 valence electrons. The Morgan fingerprint density at radius 3 is 2.75 bits per heavy atom. The Morgan fingerprint density at radius 2 is 2.00 bits per heavy atom. The lowest BCUT2D eigenvalue weighted by molar-refractivity contribution is -0.117. The number of likely N-dealkylation sites (N-methyl/N-ethyl adjacent to an activating group) is 1. The molecule has 0 fully saturated rings. The lowest BCUT2D eigenvalue weighted by Gasteiger charge is -2.11. The molecule has 0 radical (unpaired) electrons. The molecule has 1 aliphatic rings. The summed E-state index contributed by atoms with van der Waals surface area (Å²) in [5.41, 5.74) is 4.58. The number of anilines is 1. The standard InChI is InChI=1S/C17H19N3O3S/c1-3-24(22,23)19-10-12-6-15(11-18-9-12)13-4-5-16-14(7-13)8-17(21)20(16)2/h4-7,9,11,19H,3,8,10H2,1-2H3. The molecule has 2 aromatic rings. The van der Waals surface area contributed by atoms with Gasteiger partial charge < -0.3 is 4.90 Å². The lowest BCUT2D eigenvalue weighted by atomic mass is 10.0.